The molecule has 3 nitrogen and oxygen atoms in total. The van der Waals surface area contributed by atoms with Crippen LogP contribution in [0.2, 0.25) is 5.02 Å². The van der Waals surface area contributed by atoms with Crippen molar-refractivity contribution in [2.45, 2.75) is 6.92 Å². The Balaban J connectivity index is 2.70. The minimum Gasteiger partial charge on any atom is -0.393 e. The van der Waals surface area contributed by atoms with E-state index in [9.17, 15) is 9.18 Å². The zero-order valence-corrected chi connectivity index (χ0v) is 10.7. The maximum atomic E-state index is 13.3. The molecule has 0 spiro atoms. The number of carbonyl (C=O) groups is 1. The highest BCUT2D eigenvalue weighted by Gasteiger charge is 2.13. The van der Waals surface area contributed by atoms with E-state index in [0.29, 0.717) is 10.0 Å². The minimum atomic E-state index is -0.616. The van der Waals surface area contributed by atoms with Crippen molar-refractivity contribution in [2.24, 2.45) is 11.7 Å². The van der Waals surface area contributed by atoms with Gasteiger partial charge < -0.3 is 11.1 Å². The SMILES string of the molecule is CC(CNC(=O)c1cc(Cl)ccc1F)C(N)=S. The summed E-state index contributed by atoms with van der Waals surface area (Å²) >= 11 is 10.5. The molecule has 0 aromatic heterocycles. The number of thiocarbonyl (C=S) groups is 1. The van der Waals surface area contributed by atoms with E-state index in [1.165, 1.54) is 12.1 Å². The van der Waals surface area contributed by atoms with Crippen molar-refractivity contribution >= 4 is 34.7 Å². The van der Waals surface area contributed by atoms with Crippen LogP contribution in [-0.4, -0.2) is 17.4 Å². The summed E-state index contributed by atoms with van der Waals surface area (Å²) in [5, 5.41) is 2.85. The first-order valence-electron chi connectivity index (χ1n) is 4.94. The fraction of sp³-hybridized carbons (Fsp3) is 0.273. The maximum absolute atomic E-state index is 13.3. The third-order valence-electron chi connectivity index (χ3n) is 2.23. The van der Waals surface area contributed by atoms with Crippen molar-refractivity contribution in [3.05, 3.63) is 34.6 Å². The zero-order valence-electron chi connectivity index (χ0n) is 9.17. The molecule has 17 heavy (non-hydrogen) atoms. The minimum absolute atomic E-state index is 0.0901. The maximum Gasteiger partial charge on any atom is 0.254 e. The van der Waals surface area contributed by atoms with Crippen LogP contribution >= 0.6 is 23.8 Å². The Bertz CT molecular complexity index is 453. The molecule has 1 rings (SSSR count). The second-order valence-corrected chi connectivity index (χ2v) is 4.55. The van der Waals surface area contributed by atoms with E-state index >= 15 is 0 Å². The van der Waals surface area contributed by atoms with Crippen LogP contribution in [0.25, 0.3) is 0 Å². The molecule has 1 amide bonds. The van der Waals surface area contributed by atoms with Crippen molar-refractivity contribution in [3.8, 4) is 0 Å². The predicted molar refractivity (Wildman–Crippen MR) is 69.7 cm³/mol. The van der Waals surface area contributed by atoms with Crippen LogP contribution < -0.4 is 11.1 Å². The molecule has 0 fully saturated rings. The van der Waals surface area contributed by atoms with Gasteiger partial charge in [-0.05, 0) is 18.2 Å². The van der Waals surface area contributed by atoms with E-state index in [2.05, 4.69) is 5.32 Å². The Morgan fingerprint density at radius 1 is 1.65 bits per heavy atom. The van der Waals surface area contributed by atoms with E-state index in [1.807, 2.05) is 0 Å². The number of amides is 1. The molecule has 0 aliphatic rings. The van der Waals surface area contributed by atoms with Crippen LogP contribution in [0.5, 0.6) is 0 Å². The summed E-state index contributed by atoms with van der Waals surface area (Å²) in [5.74, 6) is -1.29. The van der Waals surface area contributed by atoms with Crippen LogP contribution in [0, 0.1) is 11.7 Å². The lowest BCUT2D eigenvalue weighted by atomic mass is 10.1. The standard InChI is InChI=1S/C11H12ClFN2OS/c1-6(10(14)17)5-15-11(16)8-4-7(12)2-3-9(8)13/h2-4,6H,5H2,1H3,(H2,14,17)(H,15,16). The molecule has 0 saturated carbocycles. The molecule has 6 heteroatoms. The molecule has 1 aromatic rings. The third kappa shape index (κ3) is 3.94. The van der Waals surface area contributed by atoms with Gasteiger partial charge in [-0.1, -0.05) is 30.7 Å². The van der Waals surface area contributed by atoms with Gasteiger partial charge in [0.2, 0.25) is 0 Å². The lowest BCUT2D eigenvalue weighted by molar-refractivity contribution is 0.0947. The van der Waals surface area contributed by atoms with E-state index in [4.69, 9.17) is 29.6 Å². The summed E-state index contributed by atoms with van der Waals surface area (Å²) in [6.45, 7) is 2.04. The van der Waals surface area contributed by atoms with Gasteiger partial charge in [-0.3, -0.25) is 4.79 Å². The van der Waals surface area contributed by atoms with Crippen molar-refractivity contribution < 1.29 is 9.18 Å². The number of rotatable bonds is 4. The lowest BCUT2D eigenvalue weighted by Gasteiger charge is -2.11. The highest BCUT2D eigenvalue weighted by Crippen LogP contribution is 2.14. The van der Waals surface area contributed by atoms with Gasteiger partial charge in [0.15, 0.2) is 0 Å². The number of benzene rings is 1. The fourth-order valence-electron chi connectivity index (χ4n) is 1.11. The molecule has 3 N–H and O–H groups in total. The molecule has 0 saturated heterocycles. The molecular weight excluding hydrogens is 263 g/mol. The van der Waals surface area contributed by atoms with Gasteiger partial charge in [-0.2, -0.15) is 0 Å². The van der Waals surface area contributed by atoms with E-state index < -0.39 is 11.7 Å². The van der Waals surface area contributed by atoms with Gasteiger partial charge in [0.25, 0.3) is 5.91 Å². The first-order valence-corrected chi connectivity index (χ1v) is 5.73. The van der Waals surface area contributed by atoms with Gasteiger partial charge in [0.1, 0.15) is 5.82 Å². The van der Waals surface area contributed by atoms with Crippen molar-refractivity contribution in [1.29, 1.82) is 0 Å². The Kier molecular flexibility index (Phi) is 4.84. The molecule has 0 radical (unpaired) electrons. The van der Waals surface area contributed by atoms with E-state index in [0.717, 1.165) is 6.07 Å². The molecule has 1 atom stereocenters. The van der Waals surface area contributed by atoms with Crippen molar-refractivity contribution in [1.82, 2.24) is 5.32 Å². The second-order valence-electron chi connectivity index (χ2n) is 3.64. The summed E-state index contributed by atoms with van der Waals surface area (Å²) in [4.78, 5) is 12.0. The van der Waals surface area contributed by atoms with Crippen molar-refractivity contribution in [3.63, 3.8) is 0 Å². The number of nitrogens with one attached hydrogen (secondary N) is 1. The van der Waals surface area contributed by atoms with Crippen LogP contribution in [-0.2, 0) is 0 Å². The van der Waals surface area contributed by atoms with Gasteiger partial charge >= 0.3 is 0 Å². The molecule has 0 bridgehead atoms. The predicted octanol–water partition coefficient (Wildman–Crippen LogP) is 2.13. The normalized spacial score (nSPS) is 11.9. The van der Waals surface area contributed by atoms with Gasteiger partial charge in [0, 0.05) is 17.5 Å². The lowest BCUT2D eigenvalue weighted by Crippen LogP contribution is -2.34. The summed E-state index contributed by atoms with van der Waals surface area (Å²) in [6.07, 6.45) is 0. The topological polar surface area (TPSA) is 55.1 Å². The Labute approximate surface area is 109 Å². The number of nitrogens with two attached hydrogens (primary N) is 1. The van der Waals surface area contributed by atoms with Gasteiger partial charge in [-0.15, -0.1) is 0 Å². The number of hydrogen-bond donors (Lipinski definition) is 2. The Morgan fingerprint density at radius 3 is 2.88 bits per heavy atom. The van der Waals surface area contributed by atoms with Crippen LogP contribution in [0.15, 0.2) is 18.2 Å². The summed E-state index contributed by atoms with van der Waals surface area (Å²) in [7, 11) is 0. The molecule has 92 valence electrons. The summed E-state index contributed by atoms with van der Waals surface area (Å²) in [6, 6.07) is 3.80. The second kappa shape index (κ2) is 5.93. The summed E-state index contributed by atoms with van der Waals surface area (Å²) in [5.41, 5.74) is 5.31. The molecule has 0 heterocycles. The van der Waals surface area contributed by atoms with E-state index in [1.54, 1.807) is 6.92 Å². The third-order valence-corrected chi connectivity index (χ3v) is 2.87. The van der Waals surface area contributed by atoms with Gasteiger partial charge in [-0.25, -0.2) is 4.39 Å². The molecule has 1 unspecified atom stereocenters. The highest BCUT2D eigenvalue weighted by atomic mass is 35.5. The van der Waals surface area contributed by atoms with Crippen LogP contribution in [0.3, 0.4) is 0 Å². The average Bonchev–Trinajstić information content (AvgIpc) is 2.28. The largest absolute Gasteiger partial charge is 0.393 e. The van der Waals surface area contributed by atoms with Crippen LogP contribution in [0.4, 0.5) is 4.39 Å². The van der Waals surface area contributed by atoms with Crippen molar-refractivity contribution in [2.75, 3.05) is 6.54 Å². The Morgan fingerprint density at radius 2 is 2.29 bits per heavy atom. The Hall–Kier alpha value is -1.20. The smallest absolute Gasteiger partial charge is 0.254 e. The fourth-order valence-corrected chi connectivity index (χ4v) is 1.37. The average molecular weight is 275 g/mol. The highest BCUT2D eigenvalue weighted by molar-refractivity contribution is 7.80. The van der Waals surface area contributed by atoms with Crippen LogP contribution in [0.1, 0.15) is 17.3 Å². The monoisotopic (exact) mass is 274 g/mol. The molecular formula is C11H12ClFN2OS. The molecule has 0 aliphatic carbocycles. The quantitative estimate of drug-likeness (QED) is 0.827. The number of hydrogen-bond acceptors (Lipinski definition) is 2. The number of halogens is 2. The zero-order chi connectivity index (χ0) is 13.0. The first-order chi connectivity index (χ1) is 7.91. The summed E-state index contributed by atoms with van der Waals surface area (Å²) < 4.78 is 13.3. The number of carbonyl (C=O) groups excluding carboxylic acids is 1. The first kappa shape index (κ1) is 13.9. The van der Waals surface area contributed by atoms with Gasteiger partial charge in [0.05, 0.1) is 10.6 Å². The molecule has 0 aliphatic heterocycles. The molecule has 1 aromatic carbocycles. The van der Waals surface area contributed by atoms with E-state index in [-0.39, 0.29) is 18.0 Å².